The van der Waals surface area contributed by atoms with Crippen LogP contribution in [0.5, 0.6) is 0 Å². The zero-order chi connectivity index (χ0) is 12.8. The highest BCUT2D eigenvalue weighted by molar-refractivity contribution is 5.50. The zero-order valence-corrected chi connectivity index (χ0v) is 9.93. The molecule has 1 aromatic rings. The lowest BCUT2D eigenvalue weighted by Gasteiger charge is -2.23. The van der Waals surface area contributed by atoms with Crippen molar-refractivity contribution in [2.75, 3.05) is 24.6 Å². The van der Waals surface area contributed by atoms with Crippen LogP contribution in [0, 0.1) is 5.82 Å². The lowest BCUT2D eigenvalue weighted by molar-refractivity contribution is 0.199. The summed E-state index contributed by atoms with van der Waals surface area (Å²) in [6.07, 6.45) is 0.960. The van der Waals surface area contributed by atoms with Crippen LogP contribution >= 0.6 is 0 Å². The second kappa shape index (κ2) is 6.37. The number of rotatable bonds is 6. The SMILES string of the molecule is C=CCN(CCO)c1ccc([C@@H](C)O)cc1F. The van der Waals surface area contributed by atoms with Gasteiger partial charge in [0.2, 0.25) is 0 Å². The van der Waals surface area contributed by atoms with Crippen molar-refractivity contribution in [2.45, 2.75) is 13.0 Å². The Labute approximate surface area is 101 Å². The van der Waals surface area contributed by atoms with Crippen LogP contribution in [0.2, 0.25) is 0 Å². The summed E-state index contributed by atoms with van der Waals surface area (Å²) >= 11 is 0. The molecule has 17 heavy (non-hydrogen) atoms. The molecule has 0 amide bonds. The normalized spacial score (nSPS) is 12.2. The maximum absolute atomic E-state index is 13.8. The van der Waals surface area contributed by atoms with Gasteiger partial charge in [0.25, 0.3) is 0 Å². The molecule has 0 heterocycles. The molecule has 0 fully saturated rings. The van der Waals surface area contributed by atoms with E-state index in [-0.39, 0.29) is 6.61 Å². The molecule has 94 valence electrons. The smallest absolute Gasteiger partial charge is 0.146 e. The van der Waals surface area contributed by atoms with Crippen molar-refractivity contribution in [1.29, 1.82) is 0 Å². The third kappa shape index (κ3) is 3.54. The zero-order valence-electron chi connectivity index (χ0n) is 9.93. The predicted molar refractivity (Wildman–Crippen MR) is 66.5 cm³/mol. The summed E-state index contributed by atoms with van der Waals surface area (Å²) < 4.78 is 13.8. The minimum Gasteiger partial charge on any atom is -0.395 e. The highest BCUT2D eigenvalue weighted by Crippen LogP contribution is 2.23. The summed E-state index contributed by atoms with van der Waals surface area (Å²) in [5.74, 6) is -0.404. The Morgan fingerprint density at radius 2 is 2.24 bits per heavy atom. The molecule has 1 atom stereocenters. The largest absolute Gasteiger partial charge is 0.395 e. The number of halogens is 1. The topological polar surface area (TPSA) is 43.7 Å². The molecule has 0 aromatic heterocycles. The molecule has 0 saturated carbocycles. The van der Waals surface area contributed by atoms with Crippen molar-refractivity contribution < 1.29 is 14.6 Å². The molecule has 4 heteroatoms. The molecule has 0 aliphatic heterocycles. The van der Waals surface area contributed by atoms with E-state index in [0.717, 1.165) is 0 Å². The number of benzene rings is 1. The highest BCUT2D eigenvalue weighted by atomic mass is 19.1. The van der Waals surface area contributed by atoms with E-state index in [2.05, 4.69) is 6.58 Å². The number of hydrogen-bond acceptors (Lipinski definition) is 3. The van der Waals surface area contributed by atoms with E-state index in [9.17, 15) is 9.50 Å². The first kappa shape index (κ1) is 13.7. The number of hydrogen-bond donors (Lipinski definition) is 2. The van der Waals surface area contributed by atoms with Crippen molar-refractivity contribution in [3.05, 3.63) is 42.2 Å². The van der Waals surface area contributed by atoms with Gasteiger partial charge < -0.3 is 15.1 Å². The molecule has 0 aliphatic carbocycles. The fourth-order valence-electron chi connectivity index (χ4n) is 1.63. The lowest BCUT2D eigenvalue weighted by atomic mass is 10.1. The molecule has 1 aromatic carbocycles. The third-order valence-corrected chi connectivity index (χ3v) is 2.51. The second-order valence-electron chi connectivity index (χ2n) is 3.85. The first-order valence-electron chi connectivity index (χ1n) is 5.54. The van der Waals surface area contributed by atoms with Gasteiger partial charge in [-0.05, 0) is 24.6 Å². The molecule has 2 N–H and O–H groups in total. The number of nitrogens with zero attached hydrogens (tertiary/aromatic N) is 1. The van der Waals surface area contributed by atoms with Crippen LogP contribution in [-0.2, 0) is 0 Å². The summed E-state index contributed by atoms with van der Waals surface area (Å²) in [6.45, 7) is 5.94. The Kier molecular flexibility index (Phi) is 5.12. The Morgan fingerprint density at radius 3 is 2.71 bits per heavy atom. The van der Waals surface area contributed by atoms with E-state index in [4.69, 9.17) is 5.11 Å². The monoisotopic (exact) mass is 239 g/mol. The quantitative estimate of drug-likeness (QED) is 0.745. The van der Waals surface area contributed by atoms with Gasteiger partial charge in [-0.2, -0.15) is 0 Å². The molecular weight excluding hydrogens is 221 g/mol. The fourth-order valence-corrected chi connectivity index (χ4v) is 1.63. The van der Waals surface area contributed by atoms with Crippen molar-refractivity contribution in [1.82, 2.24) is 0 Å². The van der Waals surface area contributed by atoms with Crippen LogP contribution in [0.3, 0.4) is 0 Å². The van der Waals surface area contributed by atoms with Crippen LogP contribution in [0.1, 0.15) is 18.6 Å². The second-order valence-corrected chi connectivity index (χ2v) is 3.85. The molecule has 0 saturated heterocycles. The van der Waals surface area contributed by atoms with Crippen molar-refractivity contribution in [3.8, 4) is 0 Å². The standard InChI is InChI=1S/C13H18FNO2/c1-3-6-15(7-8-16)13-5-4-11(10(2)17)9-12(13)14/h3-5,9-10,16-17H,1,6-8H2,2H3/t10-/m1/s1. The summed E-state index contributed by atoms with van der Waals surface area (Å²) in [7, 11) is 0. The Bertz CT molecular complexity index is 380. The summed E-state index contributed by atoms with van der Waals surface area (Å²) in [6, 6.07) is 4.60. The average molecular weight is 239 g/mol. The molecule has 0 spiro atoms. The van der Waals surface area contributed by atoms with Gasteiger partial charge in [0.05, 0.1) is 18.4 Å². The van der Waals surface area contributed by atoms with E-state index in [0.29, 0.717) is 24.3 Å². The molecular formula is C13H18FNO2. The first-order valence-corrected chi connectivity index (χ1v) is 5.54. The van der Waals surface area contributed by atoms with E-state index < -0.39 is 11.9 Å². The molecule has 0 radical (unpaired) electrons. The van der Waals surface area contributed by atoms with Crippen LogP contribution in [0.4, 0.5) is 10.1 Å². The van der Waals surface area contributed by atoms with Crippen LogP contribution < -0.4 is 4.90 Å². The predicted octanol–water partition coefficient (Wildman–Crippen LogP) is 1.86. The third-order valence-electron chi connectivity index (χ3n) is 2.51. The highest BCUT2D eigenvalue weighted by Gasteiger charge is 2.12. The summed E-state index contributed by atoms with van der Waals surface area (Å²) in [5, 5.41) is 18.3. The van der Waals surface area contributed by atoms with E-state index >= 15 is 0 Å². The lowest BCUT2D eigenvalue weighted by Crippen LogP contribution is -2.27. The Balaban J connectivity index is 2.99. The molecule has 0 aliphatic rings. The van der Waals surface area contributed by atoms with E-state index in [1.165, 1.54) is 6.07 Å². The van der Waals surface area contributed by atoms with Gasteiger partial charge in [-0.1, -0.05) is 12.1 Å². The van der Waals surface area contributed by atoms with Crippen molar-refractivity contribution >= 4 is 5.69 Å². The minimum atomic E-state index is -0.691. The van der Waals surface area contributed by atoms with Crippen LogP contribution in [0.25, 0.3) is 0 Å². The summed E-state index contributed by atoms with van der Waals surface area (Å²) in [5.41, 5.74) is 0.942. The van der Waals surface area contributed by atoms with Gasteiger partial charge in [-0.3, -0.25) is 0 Å². The first-order chi connectivity index (χ1) is 8.10. The van der Waals surface area contributed by atoms with Crippen LogP contribution in [-0.4, -0.2) is 29.9 Å². The van der Waals surface area contributed by atoms with Gasteiger partial charge in [-0.25, -0.2) is 4.39 Å². The van der Waals surface area contributed by atoms with Gasteiger partial charge >= 0.3 is 0 Å². The maximum Gasteiger partial charge on any atom is 0.146 e. The molecule has 0 bridgehead atoms. The van der Waals surface area contributed by atoms with Crippen molar-refractivity contribution in [3.63, 3.8) is 0 Å². The number of aliphatic hydroxyl groups excluding tert-OH is 2. The van der Waals surface area contributed by atoms with Gasteiger partial charge in [0, 0.05) is 13.1 Å². The minimum absolute atomic E-state index is 0.0502. The number of anilines is 1. The van der Waals surface area contributed by atoms with Gasteiger partial charge in [0.15, 0.2) is 0 Å². The van der Waals surface area contributed by atoms with E-state index in [1.807, 2.05) is 0 Å². The summed E-state index contributed by atoms with van der Waals surface area (Å²) in [4.78, 5) is 1.69. The molecule has 3 nitrogen and oxygen atoms in total. The molecule has 1 rings (SSSR count). The van der Waals surface area contributed by atoms with E-state index in [1.54, 1.807) is 30.0 Å². The average Bonchev–Trinajstić information content (AvgIpc) is 2.28. The number of aliphatic hydroxyl groups is 2. The fraction of sp³-hybridized carbons (Fsp3) is 0.385. The van der Waals surface area contributed by atoms with Gasteiger partial charge in [-0.15, -0.1) is 6.58 Å². The van der Waals surface area contributed by atoms with Crippen molar-refractivity contribution in [2.24, 2.45) is 0 Å². The van der Waals surface area contributed by atoms with Crippen LogP contribution in [0.15, 0.2) is 30.9 Å². The Morgan fingerprint density at radius 1 is 1.53 bits per heavy atom. The molecule has 0 unspecified atom stereocenters. The Hall–Kier alpha value is -1.39. The maximum atomic E-state index is 13.8. The van der Waals surface area contributed by atoms with Gasteiger partial charge in [0.1, 0.15) is 5.82 Å².